The van der Waals surface area contributed by atoms with Gasteiger partial charge >= 0.3 is 0 Å². The summed E-state index contributed by atoms with van der Waals surface area (Å²) >= 11 is 0. The Hall–Kier alpha value is -3.17. The number of para-hydroxylation sites is 2. The molecule has 0 radical (unpaired) electrons. The molecule has 2 nitrogen and oxygen atoms in total. The quantitative estimate of drug-likeness (QED) is 0.437. The minimum atomic E-state index is -1.79. The largest absolute Gasteiger partial charge is 0.311 e. The van der Waals surface area contributed by atoms with Gasteiger partial charge in [0.1, 0.15) is 8.07 Å². The van der Waals surface area contributed by atoms with Gasteiger partial charge in [0.2, 0.25) is 0 Å². The van der Waals surface area contributed by atoms with Crippen molar-refractivity contribution in [1.29, 1.82) is 0 Å². The Morgan fingerprint density at radius 2 is 1.39 bits per heavy atom. The first-order valence-corrected chi connectivity index (χ1v) is 12.7. The molecule has 4 aromatic rings. The van der Waals surface area contributed by atoms with Crippen LogP contribution in [0.5, 0.6) is 0 Å². The molecule has 2 heterocycles. The highest BCUT2D eigenvalue weighted by Crippen LogP contribution is 2.39. The number of pyridine rings is 1. The molecule has 3 aromatic carbocycles. The van der Waals surface area contributed by atoms with Crippen LogP contribution in [0.1, 0.15) is 0 Å². The van der Waals surface area contributed by atoms with E-state index in [9.17, 15) is 0 Å². The lowest BCUT2D eigenvalue weighted by molar-refractivity contribution is 1.28. The van der Waals surface area contributed by atoms with E-state index in [4.69, 9.17) is 0 Å². The number of hydrogen-bond donors (Lipinski definition) is 0. The van der Waals surface area contributed by atoms with Gasteiger partial charge in [0.15, 0.2) is 0 Å². The van der Waals surface area contributed by atoms with Crippen LogP contribution in [0.3, 0.4) is 0 Å². The van der Waals surface area contributed by atoms with Crippen LogP contribution >= 0.6 is 0 Å². The van der Waals surface area contributed by atoms with Crippen LogP contribution in [0.25, 0.3) is 11.3 Å². The maximum atomic E-state index is 4.57. The fourth-order valence-corrected chi connectivity index (χ4v) is 7.23. The second kappa shape index (κ2) is 6.46. The highest BCUT2D eigenvalue weighted by molar-refractivity contribution is 7.02. The number of benzene rings is 3. The molecule has 0 fully saturated rings. The zero-order valence-electron chi connectivity index (χ0n) is 16.1. The molecule has 0 spiro atoms. The first-order valence-electron chi connectivity index (χ1n) is 9.67. The lowest BCUT2D eigenvalue weighted by Gasteiger charge is -2.41. The third-order valence-corrected chi connectivity index (χ3v) is 9.24. The van der Waals surface area contributed by atoms with Crippen molar-refractivity contribution < 1.29 is 0 Å². The summed E-state index contributed by atoms with van der Waals surface area (Å²) in [5, 5.41) is 2.95. The predicted molar refractivity (Wildman–Crippen MR) is 121 cm³/mol. The molecule has 5 rings (SSSR count). The first-order chi connectivity index (χ1) is 13.7. The smallest absolute Gasteiger partial charge is 0.117 e. The summed E-state index contributed by atoms with van der Waals surface area (Å²) in [5.74, 6) is 0. The molecular formula is C25H22N2Si. The lowest BCUT2D eigenvalue weighted by Crippen LogP contribution is -2.58. The third-order valence-electron chi connectivity index (χ3n) is 5.71. The molecular weight excluding hydrogens is 356 g/mol. The Bertz CT molecular complexity index is 1140. The summed E-state index contributed by atoms with van der Waals surface area (Å²) in [4.78, 5) is 6.98. The van der Waals surface area contributed by atoms with E-state index in [1.807, 2.05) is 18.3 Å². The van der Waals surface area contributed by atoms with Gasteiger partial charge in [0.25, 0.3) is 0 Å². The number of aromatic nitrogens is 1. The van der Waals surface area contributed by atoms with Crippen LogP contribution in [0.4, 0.5) is 17.1 Å². The standard InChI is InChI=1S/C25H22N2Si/c1-28(2)24-14-7-6-13-22(24)27(20-10-4-3-5-11-20)23-18-19(15-16-25(23)28)21-12-8-9-17-26-21/h3-18H,1-2H3. The fourth-order valence-electron chi connectivity index (χ4n) is 4.27. The van der Waals surface area contributed by atoms with Gasteiger partial charge in [0.05, 0.1) is 5.69 Å². The molecule has 0 saturated heterocycles. The van der Waals surface area contributed by atoms with Crippen molar-refractivity contribution in [2.24, 2.45) is 0 Å². The summed E-state index contributed by atoms with van der Waals surface area (Å²) < 4.78 is 0. The van der Waals surface area contributed by atoms with Crippen LogP contribution in [-0.4, -0.2) is 13.1 Å². The van der Waals surface area contributed by atoms with Crippen LogP contribution in [0.2, 0.25) is 13.1 Å². The molecule has 0 unspecified atom stereocenters. The molecule has 1 aliphatic heterocycles. The zero-order chi connectivity index (χ0) is 19.1. The van der Waals surface area contributed by atoms with Crippen molar-refractivity contribution in [3.63, 3.8) is 0 Å². The minimum absolute atomic E-state index is 1.01. The van der Waals surface area contributed by atoms with Crippen molar-refractivity contribution in [3.05, 3.63) is 97.2 Å². The SMILES string of the molecule is C[Si]1(C)c2ccccc2N(c2ccccc2)c2cc(-c3ccccn3)ccc21. The Morgan fingerprint density at radius 3 is 2.18 bits per heavy atom. The molecule has 3 heteroatoms. The second-order valence-corrected chi connectivity index (χ2v) is 12.1. The third kappa shape index (κ3) is 2.59. The lowest BCUT2D eigenvalue weighted by atomic mass is 10.1. The number of anilines is 3. The molecule has 0 aliphatic carbocycles. The summed E-state index contributed by atoms with van der Waals surface area (Å²) in [6.07, 6.45) is 1.86. The number of nitrogens with zero attached hydrogens (tertiary/aromatic N) is 2. The number of rotatable bonds is 2. The number of fused-ring (bicyclic) bond motifs is 2. The van der Waals surface area contributed by atoms with Crippen molar-refractivity contribution >= 4 is 35.5 Å². The molecule has 0 saturated carbocycles. The van der Waals surface area contributed by atoms with Crippen LogP contribution in [0, 0.1) is 0 Å². The van der Waals surface area contributed by atoms with Gasteiger partial charge in [-0.2, -0.15) is 0 Å². The van der Waals surface area contributed by atoms with Gasteiger partial charge in [-0.3, -0.25) is 4.98 Å². The van der Waals surface area contributed by atoms with Crippen molar-refractivity contribution in [1.82, 2.24) is 4.98 Å². The first kappa shape index (κ1) is 17.0. The Labute approximate surface area is 167 Å². The average molecular weight is 379 g/mol. The maximum Gasteiger partial charge on any atom is 0.117 e. The fraction of sp³-hybridized carbons (Fsp3) is 0.0800. The normalized spacial score (nSPS) is 14.3. The van der Waals surface area contributed by atoms with Crippen LogP contribution in [0.15, 0.2) is 97.2 Å². The molecule has 28 heavy (non-hydrogen) atoms. The number of hydrogen-bond acceptors (Lipinski definition) is 2. The molecule has 0 bridgehead atoms. The summed E-state index contributed by atoms with van der Waals surface area (Å²) in [5.41, 5.74) is 5.95. The highest BCUT2D eigenvalue weighted by Gasteiger charge is 2.38. The Morgan fingerprint density at radius 1 is 0.679 bits per heavy atom. The van der Waals surface area contributed by atoms with Gasteiger partial charge in [-0.25, -0.2) is 0 Å². The Balaban J connectivity index is 1.79. The zero-order valence-corrected chi connectivity index (χ0v) is 17.1. The van der Waals surface area contributed by atoms with Gasteiger partial charge in [0, 0.05) is 28.8 Å². The van der Waals surface area contributed by atoms with Gasteiger partial charge in [-0.1, -0.05) is 67.7 Å². The summed E-state index contributed by atoms with van der Waals surface area (Å²) in [6, 6.07) is 32.5. The molecule has 0 atom stereocenters. The summed E-state index contributed by atoms with van der Waals surface area (Å²) in [7, 11) is -1.79. The van der Waals surface area contributed by atoms with Crippen LogP contribution < -0.4 is 15.3 Å². The molecule has 136 valence electrons. The summed E-state index contributed by atoms with van der Waals surface area (Å²) in [6.45, 7) is 4.90. The highest BCUT2D eigenvalue weighted by atomic mass is 28.3. The monoisotopic (exact) mass is 378 g/mol. The second-order valence-electron chi connectivity index (χ2n) is 7.76. The van der Waals surface area contributed by atoms with E-state index in [-0.39, 0.29) is 0 Å². The average Bonchev–Trinajstić information content (AvgIpc) is 2.75. The van der Waals surface area contributed by atoms with Crippen molar-refractivity contribution in [3.8, 4) is 11.3 Å². The minimum Gasteiger partial charge on any atom is -0.311 e. The maximum absolute atomic E-state index is 4.57. The van der Waals surface area contributed by atoms with E-state index in [2.05, 4.69) is 102 Å². The molecule has 1 aliphatic rings. The van der Waals surface area contributed by atoms with Gasteiger partial charge in [-0.15, -0.1) is 0 Å². The molecule has 0 amide bonds. The molecule has 1 aromatic heterocycles. The van der Waals surface area contributed by atoms with Crippen LogP contribution in [-0.2, 0) is 0 Å². The van der Waals surface area contributed by atoms with E-state index >= 15 is 0 Å². The topological polar surface area (TPSA) is 16.1 Å². The van der Waals surface area contributed by atoms with E-state index in [0.717, 1.165) is 11.3 Å². The van der Waals surface area contributed by atoms with Crippen molar-refractivity contribution in [2.75, 3.05) is 4.90 Å². The van der Waals surface area contributed by atoms with E-state index in [0.29, 0.717) is 0 Å². The predicted octanol–water partition coefficient (Wildman–Crippen LogP) is 5.35. The van der Waals surface area contributed by atoms with E-state index in [1.165, 1.54) is 27.4 Å². The van der Waals surface area contributed by atoms with E-state index in [1.54, 1.807) is 0 Å². The molecule has 0 N–H and O–H groups in total. The van der Waals surface area contributed by atoms with Gasteiger partial charge in [-0.05, 0) is 46.8 Å². The van der Waals surface area contributed by atoms with Gasteiger partial charge < -0.3 is 4.90 Å². The van der Waals surface area contributed by atoms with Crippen molar-refractivity contribution in [2.45, 2.75) is 13.1 Å². The van der Waals surface area contributed by atoms with E-state index < -0.39 is 8.07 Å². The Kier molecular flexibility index (Phi) is 3.92.